The first-order valence-electron chi connectivity index (χ1n) is 5.53. The molecule has 0 saturated heterocycles. The number of ether oxygens (including phenoxy) is 1. The minimum absolute atomic E-state index is 0.0845. The van der Waals surface area contributed by atoms with E-state index >= 15 is 0 Å². The fraction of sp³-hybridized carbons (Fsp3) is 0.417. The van der Waals surface area contributed by atoms with Crippen molar-refractivity contribution in [2.45, 2.75) is 6.18 Å². The second-order valence-electron chi connectivity index (χ2n) is 3.63. The highest BCUT2D eigenvalue weighted by atomic mass is 19.4. The summed E-state index contributed by atoms with van der Waals surface area (Å²) in [6, 6.07) is 4.81. The summed E-state index contributed by atoms with van der Waals surface area (Å²) in [7, 11) is 0. The molecule has 2 N–H and O–H groups in total. The monoisotopic (exact) mass is 274 g/mol. The zero-order valence-electron chi connectivity index (χ0n) is 10.00. The Morgan fingerprint density at radius 1 is 1.32 bits per heavy atom. The van der Waals surface area contributed by atoms with Gasteiger partial charge in [-0.1, -0.05) is 0 Å². The van der Waals surface area contributed by atoms with Gasteiger partial charge in [0.05, 0.1) is 37.0 Å². The Hall–Kier alpha value is -1.78. The van der Waals surface area contributed by atoms with Crippen molar-refractivity contribution in [1.82, 2.24) is 0 Å². The van der Waals surface area contributed by atoms with Crippen LogP contribution < -0.4 is 5.32 Å². The first kappa shape index (κ1) is 15.3. The number of benzene rings is 1. The van der Waals surface area contributed by atoms with Crippen LogP contribution in [0.4, 0.5) is 18.9 Å². The van der Waals surface area contributed by atoms with Crippen LogP contribution in [0.1, 0.15) is 11.1 Å². The highest BCUT2D eigenvalue weighted by Crippen LogP contribution is 2.32. The van der Waals surface area contributed by atoms with E-state index in [1.807, 2.05) is 0 Å². The van der Waals surface area contributed by atoms with Gasteiger partial charge in [0.25, 0.3) is 0 Å². The second-order valence-corrected chi connectivity index (χ2v) is 3.63. The van der Waals surface area contributed by atoms with Crippen molar-refractivity contribution in [3.63, 3.8) is 0 Å². The maximum atomic E-state index is 12.5. The van der Waals surface area contributed by atoms with Gasteiger partial charge in [-0.15, -0.1) is 0 Å². The highest BCUT2D eigenvalue weighted by Gasteiger charge is 2.33. The van der Waals surface area contributed by atoms with Crippen LogP contribution in [-0.2, 0) is 10.9 Å². The van der Waals surface area contributed by atoms with Crippen molar-refractivity contribution in [3.05, 3.63) is 29.3 Å². The summed E-state index contributed by atoms with van der Waals surface area (Å²) in [5.74, 6) is 0. The van der Waals surface area contributed by atoms with Gasteiger partial charge in [-0.3, -0.25) is 0 Å². The lowest BCUT2D eigenvalue weighted by molar-refractivity contribution is -0.137. The number of hydrogen-bond donors (Lipinski definition) is 2. The molecule has 7 heteroatoms. The van der Waals surface area contributed by atoms with E-state index in [0.29, 0.717) is 18.8 Å². The number of aliphatic hydroxyl groups excluding tert-OH is 1. The maximum absolute atomic E-state index is 12.5. The Morgan fingerprint density at radius 2 is 2.05 bits per heavy atom. The Balaban J connectivity index is 2.65. The summed E-state index contributed by atoms with van der Waals surface area (Å²) < 4.78 is 42.6. The van der Waals surface area contributed by atoms with Crippen molar-refractivity contribution >= 4 is 5.69 Å². The largest absolute Gasteiger partial charge is 0.417 e. The molecule has 0 amide bonds. The van der Waals surface area contributed by atoms with E-state index in [1.54, 1.807) is 0 Å². The Kier molecular flexibility index (Phi) is 5.60. The van der Waals surface area contributed by atoms with Crippen molar-refractivity contribution in [1.29, 1.82) is 5.26 Å². The van der Waals surface area contributed by atoms with Gasteiger partial charge in [0.1, 0.15) is 0 Å². The molecule has 0 spiro atoms. The number of alkyl halides is 3. The molecule has 1 aromatic carbocycles. The second kappa shape index (κ2) is 6.97. The molecule has 4 nitrogen and oxygen atoms in total. The molecule has 0 aliphatic rings. The third-order valence-corrected chi connectivity index (χ3v) is 2.26. The van der Waals surface area contributed by atoms with Crippen LogP contribution in [-0.4, -0.2) is 31.5 Å². The number of halogens is 3. The molecular weight excluding hydrogens is 261 g/mol. The molecule has 0 aliphatic carbocycles. The Bertz CT molecular complexity index is 455. The predicted octanol–water partition coefficient (Wildman–Crippen LogP) is 2.00. The zero-order chi connectivity index (χ0) is 14.3. The SMILES string of the molecule is N#Cc1cc(NCCOCCO)ccc1C(F)(F)F. The van der Waals surface area contributed by atoms with E-state index < -0.39 is 17.3 Å². The maximum Gasteiger partial charge on any atom is 0.417 e. The lowest BCUT2D eigenvalue weighted by Crippen LogP contribution is -2.12. The van der Waals surface area contributed by atoms with Gasteiger partial charge in [0.2, 0.25) is 0 Å². The molecule has 0 atom stereocenters. The van der Waals surface area contributed by atoms with Crippen LogP contribution in [0.2, 0.25) is 0 Å². The van der Waals surface area contributed by atoms with Gasteiger partial charge in [-0.25, -0.2) is 0 Å². The Labute approximate surface area is 108 Å². The summed E-state index contributed by atoms with van der Waals surface area (Å²) in [5.41, 5.74) is -0.956. The minimum atomic E-state index is -4.53. The lowest BCUT2D eigenvalue weighted by Gasteiger charge is -2.11. The number of nitrogens with one attached hydrogen (secondary N) is 1. The third kappa shape index (κ3) is 4.77. The Morgan fingerprint density at radius 3 is 2.63 bits per heavy atom. The van der Waals surface area contributed by atoms with Gasteiger partial charge < -0.3 is 15.2 Å². The topological polar surface area (TPSA) is 65.3 Å². The van der Waals surface area contributed by atoms with E-state index in [9.17, 15) is 13.2 Å². The molecule has 1 aromatic rings. The van der Waals surface area contributed by atoms with E-state index in [-0.39, 0.29) is 13.2 Å². The molecule has 0 aromatic heterocycles. The highest BCUT2D eigenvalue weighted by molar-refractivity contribution is 5.53. The molecule has 0 unspecified atom stereocenters. The van der Waals surface area contributed by atoms with E-state index in [1.165, 1.54) is 12.1 Å². The van der Waals surface area contributed by atoms with Crippen LogP contribution >= 0.6 is 0 Å². The molecule has 0 fully saturated rings. The number of anilines is 1. The average Bonchev–Trinajstić information content (AvgIpc) is 2.37. The molecule has 0 aliphatic heterocycles. The number of nitriles is 1. The van der Waals surface area contributed by atoms with Crippen molar-refractivity contribution in [2.24, 2.45) is 0 Å². The number of rotatable bonds is 6. The van der Waals surface area contributed by atoms with Crippen molar-refractivity contribution in [2.75, 3.05) is 31.7 Å². The zero-order valence-corrected chi connectivity index (χ0v) is 10.00. The van der Waals surface area contributed by atoms with E-state index in [0.717, 1.165) is 12.1 Å². The van der Waals surface area contributed by atoms with Gasteiger partial charge in [0, 0.05) is 12.2 Å². The standard InChI is InChI=1S/C12H13F3N2O2/c13-12(14,15)11-2-1-10(7-9(11)8-16)17-3-5-19-6-4-18/h1-2,7,17-18H,3-6H2. The van der Waals surface area contributed by atoms with Gasteiger partial charge in [-0.05, 0) is 18.2 Å². The van der Waals surface area contributed by atoms with Crippen molar-refractivity contribution in [3.8, 4) is 6.07 Å². The smallest absolute Gasteiger partial charge is 0.394 e. The predicted molar refractivity (Wildman–Crippen MR) is 62.6 cm³/mol. The fourth-order valence-electron chi connectivity index (χ4n) is 1.43. The quantitative estimate of drug-likeness (QED) is 0.779. The molecule has 1 rings (SSSR count). The molecule has 0 saturated carbocycles. The van der Waals surface area contributed by atoms with Crippen LogP contribution in [0.25, 0.3) is 0 Å². The summed E-state index contributed by atoms with van der Waals surface area (Å²) in [6.07, 6.45) is -4.53. The molecule has 104 valence electrons. The van der Waals surface area contributed by atoms with Gasteiger partial charge in [-0.2, -0.15) is 18.4 Å². The van der Waals surface area contributed by atoms with Gasteiger partial charge in [0.15, 0.2) is 0 Å². The van der Waals surface area contributed by atoms with E-state index in [4.69, 9.17) is 15.1 Å². The van der Waals surface area contributed by atoms with Gasteiger partial charge >= 0.3 is 6.18 Å². The molecule has 0 bridgehead atoms. The first-order valence-corrected chi connectivity index (χ1v) is 5.53. The molecule has 19 heavy (non-hydrogen) atoms. The summed E-state index contributed by atoms with van der Waals surface area (Å²) in [4.78, 5) is 0. The molecular formula is C12H13F3N2O2. The molecule has 0 heterocycles. The number of hydrogen-bond acceptors (Lipinski definition) is 4. The van der Waals surface area contributed by atoms with Crippen molar-refractivity contribution < 1.29 is 23.0 Å². The summed E-state index contributed by atoms with van der Waals surface area (Å²) in [5, 5.41) is 20.0. The minimum Gasteiger partial charge on any atom is -0.394 e. The summed E-state index contributed by atoms with van der Waals surface area (Å²) >= 11 is 0. The average molecular weight is 274 g/mol. The molecule has 0 radical (unpaired) electrons. The van der Waals surface area contributed by atoms with Crippen LogP contribution in [0.3, 0.4) is 0 Å². The van der Waals surface area contributed by atoms with E-state index in [2.05, 4.69) is 5.32 Å². The summed E-state index contributed by atoms with van der Waals surface area (Å²) in [6.45, 7) is 0.802. The number of aliphatic hydroxyl groups is 1. The van der Waals surface area contributed by atoms with Crippen LogP contribution in [0, 0.1) is 11.3 Å². The first-order chi connectivity index (χ1) is 8.99. The normalized spacial score (nSPS) is 11.1. The van der Waals surface area contributed by atoms with Crippen LogP contribution in [0.15, 0.2) is 18.2 Å². The van der Waals surface area contributed by atoms with Crippen LogP contribution in [0.5, 0.6) is 0 Å². The number of nitrogens with zero attached hydrogens (tertiary/aromatic N) is 1. The third-order valence-electron chi connectivity index (χ3n) is 2.26. The fourth-order valence-corrected chi connectivity index (χ4v) is 1.43. The lowest BCUT2D eigenvalue weighted by atomic mass is 10.1.